The number of nitrogens with one attached hydrogen (secondary N) is 1. The van der Waals surface area contributed by atoms with E-state index in [1.165, 1.54) is 12.8 Å². The first-order valence-electron chi connectivity index (χ1n) is 7.43. The van der Waals surface area contributed by atoms with Crippen molar-refractivity contribution in [1.29, 1.82) is 0 Å². The molecular weight excluding hydrogens is 256 g/mol. The summed E-state index contributed by atoms with van der Waals surface area (Å²) >= 11 is 0. The minimum absolute atomic E-state index is 0.000402. The van der Waals surface area contributed by atoms with Gasteiger partial charge in [0.05, 0.1) is 25.1 Å². The van der Waals surface area contributed by atoms with Crippen molar-refractivity contribution in [1.82, 2.24) is 15.1 Å². The van der Waals surface area contributed by atoms with Gasteiger partial charge in [-0.15, -0.1) is 0 Å². The Bertz CT molecular complexity index is 490. The van der Waals surface area contributed by atoms with Crippen LogP contribution in [-0.2, 0) is 11.3 Å². The molecule has 0 spiro atoms. The maximum Gasteiger partial charge on any atom is 0.268 e. The van der Waals surface area contributed by atoms with Gasteiger partial charge in [-0.05, 0) is 31.8 Å². The predicted octanol–water partition coefficient (Wildman–Crippen LogP) is 0.0795. The number of hydrogen-bond acceptors (Lipinski definition) is 5. The van der Waals surface area contributed by atoms with E-state index in [4.69, 9.17) is 4.74 Å². The van der Waals surface area contributed by atoms with Crippen molar-refractivity contribution in [2.75, 3.05) is 44.3 Å². The fourth-order valence-corrected chi connectivity index (χ4v) is 2.88. The molecule has 1 atom stereocenters. The van der Waals surface area contributed by atoms with Crippen molar-refractivity contribution in [3.8, 4) is 0 Å². The van der Waals surface area contributed by atoms with E-state index in [9.17, 15) is 4.79 Å². The maximum atomic E-state index is 12.2. The molecule has 0 amide bonds. The van der Waals surface area contributed by atoms with Crippen molar-refractivity contribution >= 4 is 5.69 Å². The van der Waals surface area contributed by atoms with E-state index in [2.05, 4.69) is 15.3 Å². The molecule has 0 aromatic carbocycles. The Morgan fingerprint density at radius 3 is 2.95 bits per heavy atom. The second kappa shape index (κ2) is 6.37. The minimum atomic E-state index is -0.000402. The summed E-state index contributed by atoms with van der Waals surface area (Å²) < 4.78 is 6.92. The molecule has 6 heteroatoms. The molecule has 1 aromatic heterocycles. The molecule has 2 aliphatic heterocycles. The zero-order valence-corrected chi connectivity index (χ0v) is 11.8. The summed E-state index contributed by atoms with van der Waals surface area (Å²) in [5, 5.41) is 7.71. The third-order valence-corrected chi connectivity index (χ3v) is 4.06. The standard InChI is InChI=1S/C14H22N4O2/c19-14-8-13(17-4-6-20-7-5-17)10-16-18(14)11-12-2-1-3-15-9-12/h8,10,12,15H,1-7,9,11H2. The normalized spacial score (nSPS) is 23.8. The molecule has 20 heavy (non-hydrogen) atoms. The van der Waals surface area contributed by atoms with Crippen LogP contribution in [0.3, 0.4) is 0 Å². The first-order valence-corrected chi connectivity index (χ1v) is 7.43. The molecule has 2 aliphatic rings. The van der Waals surface area contributed by atoms with Crippen LogP contribution in [0.2, 0.25) is 0 Å². The zero-order chi connectivity index (χ0) is 13.8. The predicted molar refractivity (Wildman–Crippen MR) is 77.1 cm³/mol. The summed E-state index contributed by atoms with van der Waals surface area (Å²) in [6.07, 6.45) is 4.17. The molecule has 2 saturated heterocycles. The largest absolute Gasteiger partial charge is 0.378 e. The molecule has 0 radical (unpaired) electrons. The van der Waals surface area contributed by atoms with Crippen LogP contribution in [0, 0.1) is 5.92 Å². The lowest BCUT2D eigenvalue weighted by molar-refractivity contribution is 0.122. The Morgan fingerprint density at radius 2 is 2.25 bits per heavy atom. The fraction of sp³-hybridized carbons (Fsp3) is 0.714. The van der Waals surface area contributed by atoms with Crippen LogP contribution in [0.25, 0.3) is 0 Å². The number of hydrogen-bond donors (Lipinski definition) is 1. The van der Waals surface area contributed by atoms with Gasteiger partial charge in [0.15, 0.2) is 0 Å². The number of piperidine rings is 1. The average molecular weight is 278 g/mol. The summed E-state index contributed by atoms with van der Waals surface area (Å²) in [5.74, 6) is 0.517. The second-order valence-electron chi connectivity index (χ2n) is 5.55. The molecule has 3 heterocycles. The van der Waals surface area contributed by atoms with Crippen LogP contribution < -0.4 is 15.8 Å². The molecule has 0 bridgehead atoms. The van der Waals surface area contributed by atoms with Crippen molar-refractivity contribution < 1.29 is 4.74 Å². The van der Waals surface area contributed by atoms with Gasteiger partial charge in [0.2, 0.25) is 0 Å². The highest BCUT2D eigenvalue weighted by molar-refractivity contribution is 5.43. The lowest BCUT2D eigenvalue weighted by atomic mass is 10.00. The third-order valence-electron chi connectivity index (χ3n) is 4.06. The maximum absolute atomic E-state index is 12.2. The smallest absolute Gasteiger partial charge is 0.268 e. The van der Waals surface area contributed by atoms with Crippen molar-refractivity contribution in [3.05, 3.63) is 22.6 Å². The van der Waals surface area contributed by atoms with E-state index in [0.717, 1.165) is 51.6 Å². The van der Waals surface area contributed by atoms with Gasteiger partial charge in [-0.2, -0.15) is 5.10 Å². The number of anilines is 1. The molecule has 2 fully saturated rings. The van der Waals surface area contributed by atoms with Crippen molar-refractivity contribution in [2.24, 2.45) is 5.92 Å². The van der Waals surface area contributed by atoms with E-state index in [1.54, 1.807) is 10.7 Å². The molecule has 1 aromatic rings. The number of ether oxygens (including phenoxy) is 1. The topological polar surface area (TPSA) is 59.4 Å². The summed E-state index contributed by atoms with van der Waals surface area (Å²) in [6, 6.07) is 1.70. The molecule has 3 rings (SSSR count). The monoisotopic (exact) mass is 278 g/mol. The Balaban J connectivity index is 1.68. The van der Waals surface area contributed by atoms with Gasteiger partial charge in [-0.3, -0.25) is 4.79 Å². The SMILES string of the molecule is O=c1cc(N2CCOCC2)cnn1CC1CCCNC1. The summed E-state index contributed by atoms with van der Waals surface area (Å²) in [6.45, 7) is 5.90. The van der Waals surface area contributed by atoms with Gasteiger partial charge in [-0.1, -0.05) is 0 Å². The van der Waals surface area contributed by atoms with Crippen molar-refractivity contribution in [3.63, 3.8) is 0 Å². The highest BCUT2D eigenvalue weighted by Gasteiger charge is 2.16. The molecule has 1 unspecified atom stereocenters. The lowest BCUT2D eigenvalue weighted by Crippen LogP contribution is -2.38. The van der Waals surface area contributed by atoms with Gasteiger partial charge < -0.3 is 15.0 Å². The van der Waals surface area contributed by atoms with Gasteiger partial charge in [-0.25, -0.2) is 4.68 Å². The summed E-state index contributed by atoms with van der Waals surface area (Å²) in [4.78, 5) is 14.3. The third kappa shape index (κ3) is 3.19. The molecule has 1 N–H and O–H groups in total. The van der Waals surface area contributed by atoms with Crippen LogP contribution in [0.15, 0.2) is 17.1 Å². The second-order valence-corrected chi connectivity index (χ2v) is 5.55. The molecule has 6 nitrogen and oxygen atoms in total. The quantitative estimate of drug-likeness (QED) is 0.848. The number of nitrogens with zero attached hydrogens (tertiary/aromatic N) is 3. The molecular formula is C14H22N4O2. The average Bonchev–Trinajstić information content (AvgIpc) is 2.51. The fourth-order valence-electron chi connectivity index (χ4n) is 2.88. The van der Waals surface area contributed by atoms with Crippen molar-refractivity contribution in [2.45, 2.75) is 19.4 Å². The van der Waals surface area contributed by atoms with Crippen LogP contribution in [-0.4, -0.2) is 49.2 Å². The highest BCUT2D eigenvalue weighted by atomic mass is 16.5. The van der Waals surface area contributed by atoms with E-state index in [1.807, 2.05) is 6.20 Å². The van der Waals surface area contributed by atoms with Crippen LogP contribution in [0.5, 0.6) is 0 Å². The summed E-state index contributed by atoms with van der Waals surface area (Å²) in [7, 11) is 0. The Morgan fingerprint density at radius 1 is 1.40 bits per heavy atom. The number of rotatable bonds is 3. The van der Waals surface area contributed by atoms with E-state index in [-0.39, 0.29) is 5.56 Å². The first kappa shape index (κ1) is 13.6. The van der Waals surface area contributed by atoms with Gasteiger partial charge in [0.1, 0.15) is 0 Å². The number of aromatic nitrogens is 2. The number of morpholine rings is 1. The Kier molecular flexibility index (Phi) is 4.32. The van der Waals surface area contributed by atoms with E-state index < -0.39 is 0 Å². The summed E-state index contributed by atoms with van der Waals surface area (Å²) in [5.41, 5.74) is 0.913. The van der Waals surface area contributed by atoms with Crippen LogP contribution in [0.4, 0.5) is 5.69 Å². The minimum Gasteiger partial charge on any atom is -0.378 e. The molecule has 110 valence electrons. The zero-order valence-electron chi connectivity index (χ0n) is 11.8. The lowest BCUT2D eigenvalue weighted by Gasteiger charge is -2.28. The van der Waals surface area contributed by atoms with Gasteiger partial charge >= 0.3 is 0 Å². The Labute approximate surface area is 118 Å². The van der Waals surface area contributed by atoms with Crippen LogP contribution in [0.1, 0.15) is 12.8 Å². The van der Waals surface area contributed by atoms with E-state index in [0.29, 0.717) is 5.92 Å². The molecule has 0 saturated carbocycles. The first-order chi connectivity index (χ1) is 9.83. The van der Waals surface area contributed by atoms with Gasteiger partial charge in [0, 0.05) is 25.7 Å². The van der Waals surface area contributed by atoms with Crippen LogP contribution >= 0.6 is 0 Å². The van der Waals surface area contributed by atoms with E-state index >= 15 is 0 Å². The molecule has 0 aliphatic carbocycles. The van der Waals surface area contributed by atoms with Gasteiger partial charge in [0.25, 0.3) is 5.56 Å². The highest BCUT2D eigenvalue weighted by Crippen LogP contribution is 2.13. The Hall–Kier alpha value is -1.40.